The van der Waals surface area contributed by atoms with Crippen LogP contribution in [0.3, 0.4) is 0 Å². The van der Waals surface area contributed by atoms with E-state index in [1.165, 1.54) is 6.07 Å². The molecule has 0 saturated carbocycles. The first kappa shape index (κ1) is 23.6. The molecule has 0 bridgehead atoms. The maximum absolute atomic E-state index is 13.9. The molecule has 0 aliphatic carbocycles. The maximum Gasteiger partial charge on any atom is 0.254 e. The minimum Gasteiger partial charge on any atom is -0.497 e. The smallest absolute Gasteiger partial charge is 0.254 e. The highest BCUT2D eigenvalue weighted by Gasteiger charge is 2.31. The SMILES string of the molecule is COc1ccc(C(=O)N2Cc3ccc(F)cc3C[C@H]2COc2ccc(OC(C)(C)C)cc2)cc1. The lowest BCUT2D eigenvalue weighted by atomic mass is 9.93. The summed E-state index contributed by atoms with van der Waals surface area (Å²) in [6.07, 6.45) is 0.514. The molecule has 1 amide bonds. The van der Waals surface area contributed by atoms with Gasteiger partial charge in [-0.25, -0.2) is 4.39 Å². The molecule has 178 valence electrons. The van der Waals surface area contributed by atoms with Gasteiger partial charge in [-0.05, 0) is 99.0 Å². The van der Waals surface area contributed by atoms with Crippen LogP contribution < -0.4 is 14.2 Å². The third-order valence-corrected chi connectivity index (χ3v) is 5.69. The summed E-state index contributed by atoms with van der Waals surface area (Å²) in [5, 5.41) is 0. The number of amides is 1. The fourth-order valence-electron chi connectivity index (χ4n) is 4.05. The first-order chi connectivity index (χ1) is 16.2. The molecule has 1 heterocycles. The van der Waals surface area contributed by atoms with E-state index in [1.54, 1.807) is 48.4 Å². The Bertz CT molecular complexity index is 1140. The summed E-state index contributed by atoms with van der Waals surface area (Å²) in [6.45, 7) is 6.67. The van der Waals surface area contributed by atoms with Crippen molar-refractivity contribution < 1.29 is 23.4 Å². The van der Waals surface area contributed by atoms with Gasteiger partial charge in [-0.3, -0.25) is 4.79 Å². The van der Waals surface area contributed by atoms with Gasteiger partial charge >= 0.3 is 0 Å². The first-order valence-corrected chi connectivity index (χ1v) is 11.4. The van der Waals surface area contributed by atoms with Crippen LogP contribution >= 0.6 is 0 Å². The van der Waals surface area contributed by atoms with Gasteiger partial charge < -0.3 is 19.1 Å². The fraction of sp³-hybridized carbons (Fsp3) is 0.321. The minimum atomic E-state index is -0.282. The summed E-state index contributed by atoms with van der Waals surface area (Å²) in [7, 11) is 1.59. The molecule has 0 aromatic heterocycles. The molecule has 0 unspecified atom stereocenters. The van der Waals surface area contributed by atoms with E-state index in [0.29, 0.717) is 30.0 Å². The summed E-state index contributed by atoms with van der Waals surface area (Å²) in [5.41, 5.74) is 2.14. The second-order valence-corrected chi connectivity index (χ2v) is 9.43. The highest BCUT2D eigenvalue weighted by molar-refractivity contribution is 5.94. The molecule has 1 atom stereocenters. The van der Waals surface area contributed by atoms with Gasteiger partial charge in [-0.1, -0.05) is 6.07 Å². The number of hydrogen-bond acceptors (Lipinski definition) is 4. The molecule has 1 aliphatic heterocycles. The number of fused-ring (bicyclic) bond motifs is 1. The van der Waals surface area contributed by atoms with E-state index >= 15 is 0 Å². The van der Waals surface area contributed by atoms with Gasteiger partial charge in [0.25, 0.3) is 5.91 Å². The number of hydrogen-bond donors (Lipinski definition) is 0. The summed E-state index contributed by atoms with van der Waals surface area (Å²) < 4.78 is 31.0. The van der Waals surface area contributed by atoms with Crippen molar-refractivity contribution in [2.24, 2.45) is 0 Å². The Hall–Kier alpha value is -3.54. The second kappa shape index (κ2) is 9.75. The highest BCUT2D eigenvalue weighted by atomic mass is 19.1. The number of rotatable bonds is 6. The molecule has 3 aromatic rings. The van der Waals surface area contributed by atoms with Gasteiger partial charge in [-0.2, -0.15) is 0 Å². The van der Waals surface area contributed by atoms with E-state index in [-0.39, 0.29) is 30.0 Å². The molecule has 3 aromatic carbocycles. The van der Waals surface area contributed by atoms with Crippen LogP contribution in [0, 0.1) is 5.82 Å². The van der Waals surface area contributed by atoms with Crippen molar-refractivity contribution in [3.63, 3.8) is 0 Å². The van der Waals surface area contributed by atoms with E-state index in [4.69, 9.17) is 14.2 Å². The molecule has 34 heavy (non-hydrogen) atoms. The Morgan fingerprint density at radius 2 is 1.59 bits per heavy atom. The number of benzene rings is 3. The van der Waals surface area contributed by atoms with Gasteiger partial charge in [0, 0.05) is 12.1 Å². The standard InChI is InChI=1S/C28H30FNO4/c1-28(2,3)34-26-13-11-25(12-14-26)33-18-23-16-21-15-22(29)8-5-20(21)17-30(23)27(31)19-6-9-24(32-4)10-7-19/h5-15,23H,16-18H2,1-4H3/t23-/m0/s1. The summed E-state index contributed by atoms with van der Waals surface area (Å²) in [6, 6.07) is 19.0. The normalized spacial score (nSPS) is 15.4. The largest absolute Gasteiger partial charge is 0.497 e. The number of carbonyl (C=O) groups excluding carboxylic acids is 1. The first-order valence-electron chi connectivity index (χ1n) is 11.4. The number of halogens is 1. The van der Waals surface area contributed by atoms with Crippen LogP contribution in [0.2, 0.25) is 0 Å². The molecule has 1 aliphatic rings. The van der Waals surface area contributed by atoms with Crippen molar-refractivity contribution in [3.8, 4) is 17.2 Å². The highest BCUT2D eigenvalue weighted by Crippen LogP contribution is 2.28. The molecular formula is C28H30FNO4. The van der Waals surface area contributed by atoms with Crippen molar-refractivity contribution in [1.29, 1.82) is 0 Å². The maximum atomic E-state index is 13.9. The average Bonchev–Trinajstić information content (AvgIpc) is 2.81. The molecule has 0 radical (unpaired) electrons. The third kappa shape index (κ3) is 5.68. The Morgan fingerprint density at radius 1 is 0.941 bits per heavy atom. The monoisotopic (exact) mass is 463 g/mol. The lowest BCUT2D eigenvalue weighted by Crippen LogP contribution is -2.47. The van der Waals surface area contributed by atoms with Crippen molar-refractivity contribution in [2.75, 3.05) is 13.7 Å². The van der Waals surface area contributed by atoms with E-state index < -0.39 is 0 Å². The van der Waals surface area contributed by atoms with Gasteiger partial charge in [0.15, 0.2) is 0 Å². The quantitative estimate of drug-likeness (QED) is 0.473. The zero-order valence-electron chi connectivity index (χ0n) is 20.0. The Labute approximate surface area is 200 Å². The molecule has 0 spiro atoms. The predicted molar refractivity (Wildman–Crippen MR) is 129 cm³/mol. The molecule has 0 N–H and O–H groups in total. The van der Waals surface area contributed by atoms with Gasteiger partial charge in [0.05, 0.1) is 13.2 Å². The molecule has 0 saturated heterocycles. The van der Waals surface area contributed by atoms with Crippen LogP contribution in [0.15, 0.2) is 66.7 Å². The van der Waals surface area contributed by atoms with Crippen LogP contribution in [0.25, 0.3) is 0 Å². The zero-order chi connectivity index (χ0) is 24.3. The number of methoxy groups -OCH3 is 1. The Balaban J connectivity index is 1.52. The number of carbonyl (C=O) groups is 1. The van der Waals surface area contributed by atoms with Gasteiger partial charge in [0.1, 0.15) is 35.3 Å². The van der Waals surface area contributed by atoms with Crippen molar-refractivity contribution >= 4 is 5.91 Å². The Morgan fingerprint density at radius 3 is 2.24 bits per heavy atom. The Kier molecular flexibility index (Phi) is 6.77. The summed E-state index contributed by atoms with van der Waals surface area (Å²) >= 11 is 0. The van der Waals surface area contributed by atoms with Crippen LogP contribution in [0.5, 0.6) is 17.2 Å². The van der Waals surface area contributed by atoms with Crippen molar-refractivity contribution in [1.82, 2.24) is 4.90 Å². The lowest BCUT2D eigenvalue weighted by Gasteiger charge is -2.37. The fourth-order valence-corrected chi connectivity index (χ4v) is 4.05. The lowest BCUT2D eigenvalue weighted by molar-refractivity contribution is 0.0566. The van der Waals surface area contributed by atoms with Gasteiger partial charge in [0.2, 0.25) is 0 Å². The van der Waals surface area contributed by atoms with E-state index in [2.05, 4.69) is 0 Å². The van der Waals surface area contributed by atoms with E-state index in [9.17, 15) is 9.18 Å². The second-order valence-electron chi connectivity index (χ2n) is 9.43. The van der Waals surface area contributed by atoms with E-state index in [1.807, 2.05) is 45.0 Å². The van der Waals surface area contributed by atoms with Crippen molar-refractivity contribution in [3.05, 3.63) is 89.2 Å². The van der Waals surface area contributed by atoms with E-state index in [0.717, 1.165) is 16.9 Å². The summed E-state index contributed by atoms with van der Waals surface area (Å²) in [4.78, 5) is 15.2. The molecule has 5 nitrogen and oxygen atoms in total. The summed E-state index contributed by atoms with van der Waals surface area (Å²) in [5.74, 6) is 1.76. The molecule has 6 heteroatoms. The number of nitrogens with zero attached hydrogens (tertiary/aromatic N) is 1. The average molecular weight is 464 g/mol. The third-order valence-electron chi connectivity index (χ3n) is 5.69. The number of ether oxygens (including phenoxy) is 3. The van der Waals surface area contributed by atoms with Crippen LogP contribution in [0.1, 0.15) is 42.3 Å². The topological polar surface area (TPSA) is 48.0 Å². The molecule has 0 fully saturated rings. The van der Waals surface area contributed by atoms with Crippen LogP contribution in [-0.4, -0.2) is 36.2 Å². The minimum absolute atomic E-state index is 0.0971. The zero-order valence-corrected chi connectivity index (χ0v) is 20.0. The molecular weight excluding hydrogens is 433 g/mol. The molecule has 4 rings (SSSR count). The van der Waals surface area contributed by atoms with Gasteiger partial charge in [-0.15, -0.1) is 0 Å². The predicted octanol–water partition coefficient (Wildman–Crippen LogP) is 5.66. The van der Waals surface area contributed by atoms with Crippen molar-refractivity contribution in [2.45, 2.75) is 45.4 Å². The van der Waals surface area contributed by atoms with Crippen LogP contribution in [-0.2, 0) is 13.0 Å². The van der Waals surface area contributed by atoms with Crippen LogP contribution in [0.4, 0.5) is 4.39 Å².